The number of methoxy groups -OCH3 is 1. The molecule has 1 aliphatic rings. The van der Waals surface area contributed by atoms with E-state index in [0.29, 0.717) is 12.5 Å². The van der Waals surface area contributed by atoms with E-state index in [1.54, 1.807) is 7.11 Å². The molecule has 0 fully saturated rings. The maximum absolute atomic E-state index is 9.18. The lowest BCUT2D eigenvalue weighted by atomic mass is 10.0. The van der Waals surface area contributed by atoms with Crippen LogP contribution in [-0.2, 0) is 4.74 Å². The van der Waals surface area contributed by atoms with Crippen LogP contribution in [0, 0.1) is 0 Å². The molecule has 2 unspecified atom stereocenters. The SMILES string of the molecule is COCC(CO)NCC1CSc2ccccc21. The average Bonchev–Trinajstić information content (AvgIpc) is 2.78. The van der Waals surface area contributed by atoms with Crippen LogP contribution in [0.4, 0.5) is 0 Å². The summed E-state index contributed by atoms with van der Waals surface area (Å²) in [6.45, 7) is 1.58. The highest BCUT2D eigenvalue weighted by Gasteiger charge is 2.23. The van der Waals surface area contributed by atoms with Crippen LogP contribution in [0.25, 0.3) is 0 Å². The highest BCUT2D eigenvalue weighted by molar-refractivity contribution is 7.99. The lowest BCUT2D eigenvalue weighted by Gasteiger charge is -2.18. The molecule has 0 amide bonds. The van der Waals surface area contributed by atoms with Crippen LogP contribution < -0.4 is 5.32 Å². The molecule has 0 bridgehead atoms. The van der Waals surface area contributed by atoms with Gasteiger partial charge in [0.25, 0.3) is 0 Å². The summed E-state index contributed by atoms with van der Waals surface area (Å²) in [5.41, 5.74) is 1.43. The van der Waals surface area contributed by atoms with E-state index in [2.05, 4.69) is 29.6 Å². The minimum absolute atomic E-state index is 0.0396. The number of rotatable bonds is 6. The predicted octanol–water partition coefficient (Wildman–Crippen LogP) is 1.47. The molecule has 1 aliphatic heterocycles. The Bertz CT molecular complexity index is 359. The molecule has 0 saturated carbocycles. The Kier molecular flexibility index (Phi) is 4.86. The highest BCUT2D eigenvalue weighted by atomic mass is 32.2. The first-order chi connectivity index (χ1) is 8.35. The minimum Gasteiger partial charge on any atom is -0.395 e. The molecule has 0 aromatic heterocycles. The fourth-order valence-electron chi connectivity index (χ4n) is 2.08. The van der Waals surface area contributed by atoms with Crippen molar-refractivity contribution in [2.75, 3.05) is 32.6 Å². The van der Waals surface area contributed by atoms with Crippen LogP contribution in [0.3, 0.4) is 0 Å². The van der Waals surface area contributed by atoms with Crippen LogP contribution >= 0.6 is 11.8 Å². The van der Waals surface area contributed by atoms with Gasteiger partial charge < -0.3 is 15.2 Å². The van der Waals surface area contributed by atoms with Gasteiger partial charge in [-0.25, -0.2) is 0 Å². The van der Waals surface area contributed by atoms with E-state index in [9.17, 15) is 5.11 Å². The van der Waals surface area contributed by atoms with Gasteiger partial charge >= 0.3 is 0 Å². The molecule has 0 spiro atoms. The first-order valence-corrected chi connectivity index (χ1v) is 6.88. The standard InChI is InChI=1S/C13H19NO2S/c1-16-8-11(7-15)14-6-10-9-17-13-5-3-2-4-12(10)13/h2-5,10-11,14-15H,6-9H2,1H3. The van der Waals surface area contributed by atoms with Gasteiger partial charge in [-0.2, -0.15) is 0 Å². The maximum atomic E-state index is 9.18. The van der Waals surface area contributed by atoms with Crippen molar-refractivity contribution in [2.24, 2.45) is 0 Å². The van der Waals surface area contributed by atoms with E-state index >= 15 is 0 Å². The van der Waals surface area contributed by atoms with Crippen molar-refractivity contribution >= 4 is 11.8 Å². The normalized spacial score (nSPS) is 20.2. The van der Waals surface area contributed by atoms with Crippen molar-refractivity contribution < 1.29 is 9.84 Å². The van der Waals surface area contributed by atoms with E-state index in [1.807, 2.05) is 11.8 Å². The monoisotopic (exact) mass is 253 g/mol. The third-order valence-corrected chi connectivity index (χ3v) is 4.29. The van der Waals surface area contributed by atoms with Gasteiger partial charge in [-0.05, 0) is 11.6 Å². The first kappa shape index (κ1) is 12.9. The van der Waals surface area contributed by atoms with Gasteiger partial charge in [-0.3, -0.25) is 0 Å². The molecule has 0 aliphatic carbocycles. The Balaban J connectivity index is 1.89. The molecule has 3 nitrogen and oxygen atoms in total. The maximum Gasteiger partial charge on any atom is 0.0638 e. The summed E-state index contributed by atoms with van der Waals surface area (Å²) in [6.07, 6.45) is 0. The summed E-state index contributed by atoms with van der Waals surface area (Å²) in [4.78, 5) is 1.39. The Morgan fingerprint density at radius 3 is 3.12 bits per heavy atom. The molecule has 1 aromatic carbocycles. The largest absolute Gasteiger partial charge is 0.395 e. The van der Waals surface area contributed by atoms with E-state index in [4.69, 9.17) is 4.74 Å². The molecule has 2 rings (SSSR count). The summed E-state index contributed by atoms with van der Waals surface area (Å²) in [5.74, 6) is 1.67. The predicted molar refractivity (Wildman–Crippen MR) is 70.7 cm³/mol. The molecule has 0 saturated heterocycles. The molecular formula is C13H19NO2S. The number of hydrogen-bond acceptors (Lipinski definition) is 4. The van der Waals surface area contributed by atoms with Gasteiger partial charge in [0.2, 0.25) is 0 Å². The van der Waals surface area contributed by atoms with Gasteiger partial charge in [0.1, 0.15) is 0 Å². The van der Waals surface area contributed by atoms with Crippen molar-refractivity contribution in [3.05, 3.63) is 29.8 Å². The van der Waals surface area contributed by atoms with Crippen LogP contribution in [0.5, 0.6) is 0 Å². The average molecular weight is 253 g/mol. The van der Waals surface area contributed by atoms with Gasteiger partial charge in [-0.1, -0.05) is 18.2 Å². The molecule has 94 valence electrons. The molecule has 0 radical (unpaired) electrons. The lowest BCUT2D eigenvalue weighted by molar-refractivity contribution is 0.128. The summed E-state index contributed by atoms with van der Waals surface area (Å²) < 4.78 is 5.05. The van der Waals surface area contributed by atoms with Gasteiger partial charge in [0.05, 0.1) is 19.3 Å². The third-order valence-electron chi connectivity index (χ3n) is 3.04. The molecule has 4 heteroatoms. The fraction of sp³-hybridized carbons (Fsp3) is 0.538. The van der Waals surface area contributed by atoms with E-state index in [0.717, 1.165) is 12.3 Å². The molecule has 1 aromatic rings. The number of aliphatic hydroxyl groups excluding tert-OH is 1. The minimum atomic E-state index is 0.0396. The van der Waals surface area contributed by atoms with Crippen molar-refractivity contribution in [3.63, 3.8) is 0 Å². The molecular weight excluding hydrogens is 234 g/mol. The van der Waals surface area contributed by atoms with E-state index in [1.165, 1.54) is 10.5 Å². The molecule has 2 N–H and O–H groups in total. The van der Waals surface area contributed by atoms with Gasteiger partial charge in [0, 0.05) is 30.2 Å². The second kappa shape index (κ2) is 6.40. The van der Waals surface area contributed by atoms with Crippen molar-refractivity contribution in [2.45, 2.75) is 16.9 Å². The summed E-state index contributed by atoms with van der Waals surface area (Å²) in [7, 11) is 1.66. The first-order valence-electron chi connectivity index (χ1n) is 5.90. The number of benzene rings is 1. The number of ether oxygens (including phenoxy) is 1. The topological polar surface area (TPSA) is 41.5 Å². The van der Waals surface area contributed by atoms with Crippen LogP contribution in [0.1, 0.15) is 11.5 Å². The number of aliphatic hydroxyl groups is 1. The second-order valence-corrected chi connectivity index (χ2v) is 5.35. The van der Waals surface area contributed by atoms with Crippen molar-refractivity contribution in [3.8, 4) is 0 Å². The highest BCUT2D eigenvalue weighted by Crippen LogP contribution is 2.38. The number of fused-ring (bicyclic) bond motifs is 1. The third kappa shape index (κ3) is 3.22. The second-order valence-electron chi connectivity index (χ2n) is 4.29. The smallest absolute Gasteiger partial charge is 0.0638 e. The summed E-state index contributed by atoms with van der Waals surface area (Å²) in [5, 5.41) is 12.5. The van der Waals surface area contributed by atoms with Crippen LogP contribution in [0.2, 0.25) is 0 Å². The number of nitrogens with one attached hydrogen (secondary N) is 1. The van der Waals surface area contributed by atoms with E-state index < -0.39 is 0 Å². The Morgan fingerprint density at radius 1 is 1.53 bits per heavy atom. The van der Waals surface area contributed by atoms with Crippen LogP contribution in [-0.4, -0.2) is 43.8 Å². The number of thioether (sulfide) groups is 1. The summed E-state index contributed by atoms with van der Waals surface area (Å²) in [6, 6.07) is 8.60. The quantitative estimate of drug-likeness (QED) is 0.805. The Hall–Kier alpha value is -0.550. The Morgan fingerprint density at radius 2 is 2.35 bits per heavy atom. The van der Waals surface area contributed by atoms with Crippen LogP contribution in [0.15, 0.2) is 29.2 Å². The molecule has 1 heterocycles. The Labute approximate surface area is 107 Å². The molecule has 2 atom stereocenters. The van der Waals surface area contributed by atoms with E-state index in [-0.39, 0.29) is 12.6 Å². The molecule has 17 heavy (non-hydrogen) atoms. The van der Waals surface area contributed by atoms with Crippen molar-refractivity contribution in [1.82, 2.24) is 5.32 Å². The zero-order valence-corrected chi connectivity index (χ0v) is 10.9. The lowest BCUT2D eigenvalue weighted by Crippen LogP contribution is -2.38. The number of hydrogen-bond donors (Lipinski definition) is 2. The summed E-state index contributed by atoms with van der Waals surface area (Å²) >= 11 is 1.91. The zero-order chi connectivity index (χ0) is 12.1. The van der Waals surface area contributed by atoms with Crippen molar-refractivity contribution in [1.29, 1.82) is 0 Å². The van der Waals surface area contributed by atoms with Gasteiger partial charge in [0.15, 0.2) is 0 Å². The fourth-order valence-corrected chi connectivity index (χ4v) is 3.34. The zero-order valence-electron chi connectivity index (χ0n) is 10.1. The van der Waals surface area contributed by atoms with Gasteiger partial charge in [-0.15, -0.1) is 11.8 Å².